The smallest absolute Gasteiger partial charge is 0.0449 e. The Hall–Kier alpha value is -1.71. The Bertz CT molecular complexity index is 445. The van der Waals surface area contributed by atoms with E-state index in [2.05, 4.69) is 22.4 Å². The van der Waals surface area contributed by atoms with Crippen molar-refractivity contribution in [2.24, 2.45) is 0 Å². The lowest BCUT2D eigenvalue weighted by Gasteiger charge is -2.18. The number of aromatic nitrogens is 1. The molecule has 3 heteroatoms. The SMILES string of the molecule is OCC[C@@H](NCc1ccncc1)c1ccccc1. The van der Waals surface area contributed by atoms with Gasteiger partial charge in [-0.2, -0.15) is 0 Å². The lowest BCUT2D eigenvalue weighted by atomic mass is 10.0. The van der Waals surface area contributed by atoms with Gasteiger partial charge in [0.25, 0.3) is 0 Å². The third kappa shape index (κ3) is 3.65. The second-order valence-electron chi connectivity index (χ2n) is 4.21. The molecule has 18 heavy (non-hydrogen) atoms. The summed E-state index contributed by atoms with van der Waals surface area (Å²) in [6, 6.07) is 14.4. The molecule has 3 nitrogen and oxygen atoms in total. The molecule has 2 N–H and O–H groups in total. The topological polar surface area (TPSA) is 45.1 Å². The summed E-state index contributed by atoms with van der Waals surface area (Å²) in [6.07, 6.45) is 4.30. The summed E-state index contributed by atoms with van der Waals surface area (Å²) in [4.78, 5) is 4.00. The number of nitrogens with zero attached hydrogens (tertiary/aromatic N) is 1. The van der Waals surface area contributed by atoms with E-state index < -0.39 is 0 Å². The van der Waals surface area contributed by atoms with Crippen LogP contribution in [-0.2, 0) is 6.54 Å². The molecule has 0 saturated heterocycles. The van der Waals surface area contributed by atoms with Crippen LogP contribution in [0, 0.1) is 0 Å². The molecule has 0 spiro atoms. The van der Waals surface area contributed by atoms with E-state index in [9.17, 15) is 0 Å². The normalized spacial score (nSPS) is 12.3. The lowest BCUT2D eigenvalue weighted by Crippen LogP contribution is -2.21. The van der Waals surface area contributed by atoms with Crippen LogP contribution in [0.2, 0.25) is 0 Å². The quantitative estimate of drug-likeness (QED) is 0.817. The van der Waals surface area contributed by atoms with Crippen LogP contribution in [0.15, 0.2) is 54.9 Å². The number of nitrogens with one attached hydrogen (secondary N) is 1. The molecule has 0 aliphatic carbocycles. The highest BCUT2D eigenvalue weighted by Crippen LogP contribution is 2.16. The van der Waals surface area contributed by atoms with Crippen LogP contribution in [0.25, 0.3) is 0 Å². The second-order valence-corrected chi connectivity index (χ2v) is 4.21. The highest BCUT2D eigenvalue weighted by Gasteiger charge is 2.09. The third-order valence-electron chi connectivity index (χ3n) is 2.92. The summed E-state index contributed by atoms with van der Waals surface area (Å²) in [5, 5.41) is 12.6. The molecule has 1 aromatic carbocycles. The standard InChI is InChI=1S/C15H18N2O/c18-11-8-15(14-4-2-1-3-5-14)17-12-13-6-9-16-10-7-13/h1-7,9-10,15,17-18H,8,11-12H2/t15-/m1/s1. The highest BCUT2D eigenvalue weighted by molar-refractivity contribution is 5.19. The van der Waals surface area contributed by atoms with Gasteiger partial charge in [0.05, 0.1) is 0 Å². The van der Waals surface area contributed by atoms with E-state index in [1.165, 1.54) is 11.1 Å². The fourth-order valence-corrected chi connectivity index (χ4v) is 1.94. The number of rotatable bonds is 6. The number of hydrogen-bond donors (Lipinski definition) is 2. The zero-order valence-corrected chi connectivity index (χ0v) is 10.3. The van der Waals surface area contributed by atoms with Gasteiger partial charge < -0.3 is 10.4 Å². The van der Waals surface area contributed by atoms with Crippen LogP contribution < -0.4 is 5.32 Å². The van der Waals surface area contributed by atoms with Gasteiger partial charge in [0.2, 0.25) is 0 Å². The Balaban J connectivity index is 1.99. The molecule has 2 aromatic rings. The molecular formula is C15H18N2O. The van der Waals surface area contributed by atoms with Crippen molar-refractivity contribution >= 4 is 0 Å². The maximum Gasteiger partial charge on any atom is 0.0449 e. The summed E-state index contributed by atoms with van der Waals surface area (Å²) in [7, 11) is 0. The number of pyridine rings is 1. The third-order valence-corrected chi connectivity index (χ3v) is 2.92. The molecule has 0 aliphatic heterocycles. The highest BCUT2D eigenvalue weighted by atomic mass is 16.3. The van der Waals surface area contributed by atoms with Crippen molar-refractivity contribution in [3.05, 3.63) is 66.0 Å². The molecule has 1 atom stereocenters. The summed E-state index contributed by atoms with van der Waals surface area (Å²) in [5.74, 6) is 0. The zero-order chi connectivity index (χ0) is 12.6. The van der Waals surface area contributed by atoms with Crippen LogP contribution in [0.5, 0.6) is 0 Å². The van der Waals surface area contributed by atoms with Crippen molar-refractivity contribution < 1.29 is 5.11 Å². The summed E-state index contributed by atoms with van der Waals surface area (Å²) in [5.41, 5.74) is 2.41. The zero-order valence-electron chi connectivity index (χ0n) is 10.3. The molecule has 0 aliphatic rings. The number of aliphatic hydroxyl groups is 1. The molecule has 2 rings (SSSR count). The Labute approximate surface area is 108 Å². The van der Waals surface area contributed by atoms with E-state index in [1.807, 2.05) is 30.3 Å². The van der Waals surface area contributed by atoms with Crippen LogP contribution in [0.3, 0.4) is 0 Å². The van der Waals surface area contributed by atoms with E-state index in [0.717, 1.165) is 13.0 Å². The average molecular weight is 242 g/mol. The van der Waals surface area contributed by atoms with Crippen molar-refractivity contribution in [3.8, 4) is 0 Å². The molecular weight excluding hydrogens is 224 g/mol. The molecule has 1 aromatic heterocycles. The monoisotopic (exact) mass is 242 g/mol. The fourth-order valence-electron chi connectivity index (χ4n) is 1.94. The summed E-state index contributed by atoms with van der Waals surface area (Å²) in [6.45, 7) is 0.963. The fraction of sp³-hybridized carbons (Fsp3) is 0.267. The molecule has 0 unspecified atom stereocenters. The van der Waals surface area contributed by atoms with E-state index in [1.54, 1.807) is 12.4 Å². The lowest BCUT2D eigenvalue weighted by molar-refractivity contribution is 0.265. The molecule has 94 valence electrons. The minimum Gasteiger partial charge on any atom is -0.396 e. The Morgan fingerprint density at radius 2 is 1.78 bits per heavy atom. The molecule has 0 bridgehead atoms. The van der Waals surface area contributed by atoms with Gasteiger partial charge in [0.1, 0.15) is 0 Å². The van der Waals surface area contributed by atoms with Crippen molar-refractivity contribution in [3.63, 3.8) is 0 Å². The van der Waals surface area contributed by atoms with Gasteiger partial charge >= 0.3 is 0 Å². The minimum absolute atomic E-state index is 0.183. The number of aliphatic hydroxyl groups excluding tert-OH is 1. The molecule has 0 saturated carbocycles. The minimum atomic E-state index is 0.183. The average Bonchev–Trinajstić information content (AvgIpc) is 2.45. The van der Waals surface area contributed by atoms with Gasteiger partial charge in [0, 0.05) is 31.6 Å². The first-order valence-corrected chi connectivity index (χ1v) is 6.18. The van der Waals surface area contributed by atoms with Crippen LogP contribution in [-0.4, -0.2) is 16.7 Å². The van der Waals surface area contributed by atoms with Gasteiger partial charge in [-0.25, -0.2) is 0 Å². The Kier molecular flexibility index (Phi) is 4.88. The van der Waals surface area contributed by atoms with Crippen molar-refractivity contribution in [2.45, 2.75) is 19.0 Å². The predicted octanol–water partition coefficient (Wildman–Crippen LogP) is 2.29. The maximum atomic E-state index is 9.15. The summed E-state index contributed by atoms with van der Waals surface area (Å²) < 4.78 is 0. The van der Waals surface area contributed by atoms with E-state index in [-0.39, 0.29) is 12.6 Å². The van der Waals surface area contributed by atoms with Crippen molar-refractivity contribution in [1.82, 2.24) is 10.3 Å². The molecule has 0 fully saturated rings. The molecule has 0 radical (unpaired) electrons. The van der Waals surface area contributed by atoms with Gasteiger partial charge in [0.15, 0.2) is 0 Å². The van der Waals surface area contributed by atoms with Crippen molar-refractivity contribution in [1.29, 1.82) is 0 Å². The van der Waals surface area contributed by atoms with Gasteiger partial charge in [-0.15, -0.1) is 0 Å². The maximum absolute atomic E-state index is 9.15. The Morgan fingerprint density at radius 1 is 1.06 bits per heavy atom. The van der Waals surface area contributed by atoms with Crippen molar-refractivity contribution in [2.75, 3.05) is 6.61 Å². The number of benzene rings is 1. The molecule has 0 amide bonds. The second kappa shape index (κ2) is 6.89. The van der Waals surface area contributed by atoms with E-state index >= 15 is 0 Å². The Morgan fingerprint density at radius 3 is 2.44 bits per heavy atom. The number of hydrogen-bond acceptors (Lipinski definition) is 3. The molecule has 1 heterocycles. The van der Waals surface area contributed by atoms with E-state index in [4.69, 9.17) is 5.11 Å². The first kappa shape index (κ1) is 12.7. The van der Waals surface area contributed by atoms with Gasteiger partial charge in [-0.1, -0.05) is 30.3 Å². The first-order valence-electron chi connectivity index (χ1n) is 6.18. The van der Waals surface area contributed by atoms with E-state index in [0.29, 0.717) is 0 Å². The van der Waals surface area contributed by atoms with Crippen LogP contribution in [0.4, 0.5) is 0 Å². The van der Waals surface area contributed by atoms with Gasteiger partial charge in [-0.05, 0) is 29.7 Å². The van der Waals surface area contributed by atoms with Crippen LogP contribution >= 0.6 is 0 Å². The first-order chi connectivity index (χ1) is 8.90. The van der Waals surface area contributed by atoms with Crippen LogP contribution in [0.1, 0.15) is 23.6 Å². The predicted molar refractivity (Wildman–Crippen MR) is 72.0 cm³/mol. The largest absolute Gasteiger partial charge is 0.396 e. The van der Waals surface area contributed by atoms with Gasteiger partial charge in [-0.3, -0.25) is 4.98 Å². The summed E-state index contributed by atoms with van der Waals surface area (Å²) >= 11 is 0.